The second kappa shape index (κ2) is 10.6. The van der Waals surface area contributed by atoms with Crippen LogP contribution in [-0.4, -0.2) is 50.6 Å². The number of benzene rings is 2. The highest BCUT2D eigenvalue weighted by Crippen LogP contribution is 2.36. The molecule has 0 radical (unpaired) electrons. The first kappa shape index (κ1) is 28.0. The van der Waals surface area contributed by atoms with Crippen molar-refractivity contribution in [1.82, 2.24) is 19.7 Å². The smallest absolute Gasteiger partial charge is 0.337 e. The van der Waals surface area contributed by atoms with Crippen molar-refractivity contribution in [3.05, 3.63) is 94.9 Å². The second-order valence-electron chi connectivity index (χ2n) is 10.3. The molecule has 1 fully saturated rings. The predicted molar refractivity (Wildman–Crippen MR) is 143 cm³/mol. The molecular formula is C30H21F5N6O2. The van der Waals surface area contributed by atoms with Crippen molar-refractivity contribution < 1.29 is 31.5 Å². The third-order valence-electron chi connectivity index (χ3n) is 7.66. The molecule has 2 aliphatic heterocycles. The molecule has 4 aromatic rings. The third-order valence-corrected chi connectivity index (χ3v) is 7.66. The number of fused-ring (bicyclic) bond motifs is 1. The van der Waals surface area contributed by atoms with E-state index in [1.54, 1.807) is 23.1 Å². The summed E-state index contributed by atoms with van der Waals surface area (Å²) in [6.07, 6.45) is -0.999. The van der Waals surface area contributed by atoms with E-state index < -0.39 is 29.3 Å². The Bertz CT molecular complexity index is 1790. The largest absolute Gasteiger partial charge is 0.419 e. The van der Waals surface area contributed by atoms with E-state index in [1.165, 1.54) is 40.2 Å². The summed E-state index contributed by atoms with van der Waals surface area (Å²) in [5.74, 6) is -2.85. The quantitative estimate of drug-likeness (QED) is 0.300. The van der Waals surface area contributed by atoms with Crippen molar-refractivity contribution in [3.63, 3.8) is 0 Å². The highest BCUT2D eigenvalue weighted by molar-refractivity contribution is 6.02. The fourth-order valence-electron chi connectivity index (χ4n) is 5.60. The number of nitrogens with zero attached hydrogens (tertiary/aromatic N) is 6. The summed E-state index contributed by atoms with van der Waals surface area (Å²) in [6, 6.07) is 11.3. The summed E-state index contributed by atoms with van der Waals surface area (Å²) >= 11 is 0. The molecule has 4 heterocycles. The molecule has 2 aliphatic rings. The summed E-state index contributed by atoms with van der Waals surface area (Å²) in [7, 11) is 0. The van der Waals surface area contributed by atoms with Gasteiger partial charge in [0, 0.05) is 43.2 Å². The molecule has 43 heavy (non-hydrogen) atoms. The molecule has 0 aliphatic carbocycles. The number of rotatable bonds is 4. The van der Waals surface area contributed by atoms with Gasteiger partial charge in [-0.05, 0) is 60.9 Å². The zero-order valence-electron chi connectivity index (χ0n) is 22.3. The molecule has 0 saturated carbocycles. The maximum absolute atomic E-state index is 14.5. The van der Waals surface area contributed by atoms with E-state index in [0.29, 0.717) is 47.5 Å². The number of carbonyl (C=O) groups is 2. The van der Waals surface area contributed by atoms with Crippen LogP contribution in [0.25, 0.3) is 16.9 Å². The van der Waals surface area contributed by atoms with Gasteiger partial charge < -0.3 is 9.80 Å². The predicted octanol–water partition coefficient (Wildman–Crippen LogP) is 5.30. The average molecular weight is 593 g/mol. The number of nitriles is 1. The topological polar surface area (TPSA) is 95.1 Å². The zero-order chi connectivity index (χ0) is 30.5. The van der Waals surface area contributed by atoms with Gasteiger partial charge in [0.1, 0.15) is 17.7 Å². The van der Waals surface area contributed by atoms with E-state index in [0.717, 1.165) is 6.07 Å². The van der Waals surface area contributed by atoms with Crippen LogP contribution in [0.2, 0.25) is 0 Å². The van der Waals surface area contributed by atoms with Gasteiger partial charge in [0.15, 0.2) is 5.69 Å². The molecule has 1 saturated heterocycles. The first-order chi connectivity index (χ1) is 20.5. The summed E-state index contributed by atoms with van der Waals surface area (Å²) in [4.78, 5) is 33.5. The monoisotopic (exact) mass is 592 g/mol. The first-order valence-corrected chi connectivity index (χ1v) is 13.3. The standard InChI is InChI=1S/C30H21F5N6O2/c31-23-13-26-18(10-19(23)15-36)11-28(42)40(26)20-5-8-39(9-6-20)29(43)25-14-27(17-2-1-7-37-16-17)41(38-25)21-3-4-22(24(32)12-21)30(33,34)35/h1-4,7,10,12-14,16,20H,5-6,8-9,11H2. The molecule has 0 unspecified atom stereocenters. The van der Waals surface area contributed by atoms with E-state index >= 15 is 0 Å². The van der Waals surface area contributed by atoms with E-state index in [9.17, 15) is 31.5 Å². The summed E-state index contributed by atoms with van der Waals surface area (Å²) in [5, 5.41) is 13.5. The van der Waals surface area contributed by atoms with Crippen LogP contribution in [0.1, 0.15) is 40.0 Å². The van der Waals surface area contributed by atoms with Gasteiger partial charge in [0.05, 0.1) is 34.6 Å². The lowest BCUT2D eigenvalue weighted by molar-refractivity contribution is -0.140. The molecule has 0 spiro atoms. The van der Waals surface area contributed by atoms with Crippen molar-refractivity contribution in [3.8, 4) is 23.0 Å². The number of aromatic nitrogens is 3. The highest BCUT2D eigenvalue weighted by Gasteiger charge is 2.37. The lowest BCUT2D eigenvalue weighted by Gasteiger charge is -2.36. The molecule has 0 N–H and O–H groups in total. The van der Waals surface area contributed by atoms with Crippen LogP contribution < -0.4 is 4.90 Å². The van der Waals surface area contributed by atoms with Crippen molar-refractivity contribution in [1.29, 1.82) is 5.26 Å². The Kier molecular flexibility index (Phi) is 6.92. The number of likely N-dealkylation sites (tertiary alicyclic amines) is 1. The Morgan fingerprint density at radius 3 is 2.44 bits per heavy atom. The zero-order valence-corrected chi connectivity index (χ0v) is 22.3. The van der Waals surface area contributed by atoms with Crippen LogP contribution in [0.4, 0.5) is 27.6 Å². The van der Waals surface area contributed by atoms with Gasteiger partial charge in [-0.2, -0.15) is 23.5 Å². The number of anilines is 1. The first-order valence-electron chi connectivity index (χ1n) is 13.3. The van der Waals surface area contributed by atoms with Crippen LogP contribution in [0.5, 0.6) is 0 Å². The Hall–Kier alpha value is -5.12. The van der Waals surface area contributed by atoms with Crippen molar-refractivity contribution in [2.45, 2.75) is 31.5 Å². The maximum Gasteiger partial charge on any atom is 0.419 e. The number of hydrogen-bond donors (Lipinski definition) is 0. The van der Waals surface area contributed by atoms with Crippen LogP contribution >= 0.6 is 0 Å². The summed E-state index contributed by atoms with van der Waals surface area (Å²) < 4.78 is 69.4. The molecule has 8 nitrogen and oxygen atoms in total. The second-order valence-corrected chi connectivity index (χ2v) is 10.3. The minimum atomic E-state index is -4.87. The molecule has 6 rings (SSSR count). The number of pyridine rings is 1. The van der Waals surface area contributed by atoms with Crippen molar-refractivity contribution in [2.75, 3.05) is 18.0 Å². The van der Waals surface area contributed by atoms with Gasteiger partial charge in [-0.15, -0.1) is 0 Å². The van der Waals surface area contributed by atoms with E-state index in [4.69, 9.17) is 5.26 Å². The van der Waals surface area contributed by atoms with Gasteiger partial charge in [0.25, 0.3) is 5.91 Å². The molecule has 13 heteroatoms. The van der Waals surface area contributed by atoms with Crippen LogP contribution in [0, 0.1) is 23.0 Å². The molecule has 2 aromatic heterocycles. The van der Waals surface area contributed by atoms with Gasteiger partial charge in [-0.3, -0.25) is 14.6 Å². The molecule has 218 valence electrons. The van der Waals surface area contributed by atoms with E-state index in [-0.39, 0.29) is 48.4 Å². The maximum atomic E-state index is 14.5. The SMILES string of the molecule is N#Cc1cc2c(cc1F)N(C1CCN(C(=O)c3cc(-c4cccnc4)n(-c4ccc(C(F)(F)F)c(F)c4)n3)CC1)C(=O)C2. The average Bonchev–Trinajstić information content (AvgIpc) is 3.57. The number of piperidine rings is 1. The fourth-order valence-corrected chi connectivity index (χ4v) is 5.60. The number of alkyl halides is 3. The number of hydrogen-bond acceptors (Lipinski definition) is 5. The third kappa shape index (κ3) is 5.09. The van der Waals surface area contributed by atoms with Crippen LogP contribution in [0.3, 0.4) is 0 Å². The van der Waals surface area contributed by atoms with Crippen LogP contribution in [0.15, 0.2) is 60.9 Å². The van der Waals surface area contributed by atoms with Gasteiger partial charge in [-0.25, -0.2) is 13.5 Å². The molecule has 0 atom stereocenters. The molecule has 2 amide bonds. The molecule has 0 bridgehead atoms. The highest BCUT2D eigenvalue weighted by atomic mass is 19.4. The summed E-state index contributed by atoms with van der Waals surface area (Å²) in [6.45, 7) is 0.511. The molecule has 2 aromatic carbocycles. The Morgan fingerprint density at radius 1 is 1.02 bits per heavy atom. The van der Waals surface area contributed by atoms with E-state index in [2.05, 4.69) is 10.1 Å². The minimum Gasteiger partial charge on any atom is -0.337 e. The van der Waals surface area contributed by atoms with Crippen molar-refractivity contribution >= 4 is 17.5 Å². The number of carbonyl (C=O) groups excluding carboxylic acids is 2. The molecular weight excluding hydrogens is 571 g/mol. The van der Waals surface area contributed by atoms with Gasteiger partial charge >= 0.3 is 6.18 Å². The Balaban J connectivity index is 1.25. The Labute approximate surface area is 241 Å². The lowest BCUT2D eigenvalue weighted by atomic mass is 10.0. The normalized spacial score (nSPS) is 15.5. The summed E-state index contributed by atoms with van der Waals surface area (Å²) in [5.41, 5.74) is 0.265. The number of halogens is 5. The van der Waals surface area contributed by atoms with E-state index in [1.807, 2.05) is 0 Å². The van der Waals surface area contributed by atoms with Gasteiger partial charge in [-0.1, -0.05) is 0 Å². The lowest BCUT2D eigenvalue weighted by Crippen LogP contribution is -2.48. The van der Waals surface area contributed by atoms with Crippen LogP contribution in [-0.2, 0) is 17.4 Å². The Morgan fingerprint density at radius 2 is 1.79 bits per heavy atom. The van der Waals surface area contributed by atoms with Gasteiger partial charge in [0.2, 0.25) is 5.91 Å². The number of amides is 2. The minimum absolute atomic E-state index is 0.00805. The fraction of sp³-hybridized carbons (Fsp3) is 0.233. The van der Waals surface area contributed by atoms with Crippen molar-refractivity contribution in [2.24, 2.45) is 0 Å².